The van der Waals surface area contributed by atoms with E-state index < -0.39 is 0 Å². The van der Waals surface area contributed by atoms with Crippen LogP contribution in [-0.2, 0) is 37.3 Å². The van der Waals surface area contributed by atoms with Crippen molar-refractivity contribution in [1.82, 2.24) is 9.55 Å². The van der Waals surface area contributed by atoms with Crippen LogP contribution in [0.25, 0.3) is 27.6 Å². The van der Waals surface area contributed by atoms with E-state index in [1.165, 1.54) is 22.3 Å². The zero-order valence-electron chi connectivity index (χ0n) is 32.9. The number of hydrogen-bond acceptors (Lipinski definition) is 4. The molecular formula is C47H51N4OPt-3. The maximum absolute atomic E-state index is 6.64. The van der Waals surface area contributed by atoms with Gasteiger partial charge in [0.25, 0.3) is 0 Å². The van der Waals surface area contributed by atoms with E-state index in [1.54, 1.807) is 0 Å². The maximum atomic E-state index is 6.64. The number of ether oxygens (including phenoxy) is 1. The van der Waals surface area contributed by atoms with Gasteiger partial charge in [-0.3, -0.25) is 0 Å². The third-order valence-electron chi connectivity index (χ3n) is 10.00. The quantitative estimate of drug-likeness (QED) is 0.156. The van der Waals surface area contributed by atoms with Gasteiger partial charge in [0.15, 0.2) is 0 Å². The second kappa shape index (κ2) is 14.1. The summed E-state index contributed by atoms with van der Waals surface area (Å²) in [5, 5.41) is 2.26. The summed E-state index contributed by atoms with van der Waals surface area (Å²) in [4.78, 5) is 9.16. The van der Waals surface area contributed by atoms with Crippen molar-refractivity contribution in [3.63, 3.8) is 0 Å². The molecule has 53 heavy (non-hydrogen) atoms. The molecule has 4 aromatic carbocycles. The monoisotopic (exact) mass is 882 g/mol. The Hall–Kier alpha value is -4.34. The molecule has 0 aliphatic carbocycles. The van der Waals surface area contributed by atoms with Gasteiger partial charge in [-0.2, -0.15) is 6.07 Å². The van der Waals surface area contributed by atoms with Gasteiger partial charge >= 0.3 is 0 Å². The summed E-state index contributed by atoms with van der Waals surface area (Å²) >= 11 is 0. The first-order valence-electron chi connectivity index (χ1n) is 18.4. The summed E-state index contributed by atoms with van der Waals surface area (Å²) < 4.78 is 8.84. The van der Waals surface area contributed by atoms with Gasteiger partial charge < -0.3 is 19.1 Å². The summed E-state index contributed by atoms with van der Waals surface area (Å²) in [5.41, 5.74) is 9.19. The largest absolute Gasteiger partial charge is 0.509 e. The summed E-state index contributed by atoms with van der Waals surface area (Å²) in [6.07, 6.45) is 6.12. The Morgan fingerprint density at radius 2 is 1.32 bits per heavy atom. The summed E-state index contributed by atoms with van der Waals surface area (Å²) in [5.74, 6) is 2.44. The molecule has 1 aliphatic rings. The van der Waals surface area contributed by atoms with Crippen molar-refractivity contribution in [2.24, 2.45) is 0 Å². The first-order chi connectivity index (χ1) is 24.5. The van der Waals surface area contributed by atoms with Gasteiger partial charge in [0.1, 0.15) is 5.82 Å². The fourth-order valence-corrected chi connectivity index (χ4v) is 6.65. The van der Waals surface area contributed by atoms with E-state index in [-0.39, 0.29) is 37.3 Å². The molecule has 0 saturated carbocycles. The number of aromatic nitrogens is 2. The van der Waals surface area contributed by atoms with Gasteiger partial charge in [0.05, 0.1) is 0 Å². The average molecular weight is 883 g/mol. The number of rotatable bonds is 6. The molecule has 5 nitrogen and oxygen atoms in total. The van der Waals surface area contributed by atoms with E-state index in [4.69, 9.17) is 9.72 Å². The van der Waals surface area contributed by atoms with Crippen LogP contribution in [-0.4, -0.2) is 9.55 Å². The van der Waals surface area contributed by atoms with Crippen molar-refractivity contribution in [2.45, 2.75) is 98.3 Å². The second-order valence-corrected chi connectivity index (χ2v) is 17.5. The third kappa shape index (κ3) is 7.83. The molecule has 0 unspecified atom stereocenters. The van der Waals surface area contributed by atoms with Crippen LogP contribution in [0, 0.1) is 18.8 Å². The Bertz CT molecular complexity index is 2280. The molecule has 3 heterocycles. The first kappa shape index (κ1) is 38.4. The molecule has 6 aromatic rings. The molecule has 278 valence electrons. The van der Waals surface area contributed by atoms with E-state index in [0.717, 1.165) is 39.0 Å². The van der Waals surface area contributed by atoms with Crippen molar-refractivity contribution >= 4 is 33.2 Å². The summed E-state index contributed by atoms with van der Waals surface area (Å²) in [7, 11) is 0. The number of fused-ring (bicyclic) bond motifs is 3. The number of nitrogens with zero attached hydrogens (tertiary/aromatic N) is 4. The van der Waals surface area contributed by atoms with Crippen LogP contribution in [0.2, 0.25) is 0 Å². The van der Waals surface area contributed by atoms with Crippen LogP contribution in [0.3, 0.4) is 0 Å². The zero-order valence-corrected chi connectivity index (χ0v) is 35.2. The molecule has 0 fully saturated rings. The normalized spacial score (nSPS) is 13.7. The van der Waals surface area contributed by atoms with Crippen LogP contribution < -0.4 is 14.5 Å². The molecule has 0 atom stereocenters. The Morgan fingerprint density at radius 1 is 0.660 bits per heavy atom. The predicted molar refractivity (Wildman–Crippen MR) is 218 cm³/mol. The molecular weight excluding hydrogens is 832 g/mol. The smallest absolute Gasteiger partial charge is 0.135 e. The molecule has 1 aliphatic heterocycles. The van der Waals surface area contributed by atoms with Crippen molar-refractivity contribution in [3.05, 3.63) is 139 Å². The van der Waals surface area contributed by atoms with Crippen LogP contribution in [0.5, 0.6) is 11.5 Å². The number of benzene rings is 4. The number of anilines is 2. The van der Waals surface area contributed by atoms with Crippen molar-refractivity contribution in [3.8, 4) is 17.3 Å². The van der Waals surface area contributed by atoms with E-state index >= 15 is 0 Å². The molecule has 0 N–H and O–H groups in total. The third-order valence-corrected chi connectivity index (χ3v) is 10.00. The fraction of sp³-hybridized carbons (Fsp3) is 0.319. The molecule has 0 spiro atoms. The Kier molecular flexibility index (Phi) is 10.2. The molecule has 6 heteroatoms. The van der Waals surface area contributed by atoms with Gasteiger partial charge in [-0.1, -0.05) is 106 Å². The van der Waals surface area contributed by atoms with Gasteiger partial charge in [0.2, 0.25) is 0 Å². The van der Waals surface area contributed by atoms with Gasteiger partial charge in [0, 0.05) is 50.0 Å². The molecule has 7 rings (SSSR count). The predicted octanol–water partition coefficient (Wildman–Crippen LogP) is 12.5. The molecule has 2 aromatic heterocycles. The summed E-state index contributed by atoms with van der Waals surface area (Å²) in [6.45, 7) is 26.9. The van der Waals surface area contributed by atoms with Crippen molar-refractivity contribution < 1.29 is 25.8 Å². The fourth-order valence-electron chi connectivity index (χ4n) is 6.65. The molecule has 0 radical (unpaired) electrons. The standard InChI is InChI=1S/C47H51N4O.Pt/c1-31(2)32-22-36(49-20-21-50(30-49)37-25-34(46(6,7)8)24-35(26-37)47(9,10)11)28-39(23-32)52-38-16-17-41-40-14-12-13-15-42(40)51(43(41)29-38)44-27-33(18-19-48-44)45(3,4)5;/h12-27,30-31H,1-11H3;/q-3;. The Balaban J connectivity index is 0.00000481. The van der Waals surface area contributed by atoms with Crippen LogP contribution >= 0.6 is 0 Å². The number of pyridine rings is 1. The summed E-state index contributed by atoms with van der Waals surface area (Å²) in [6, 6.07) is 35.4. The zero-order chi connectivity index (χ0) is 37.2. The van der Waals surface area contributed by atoms with Gasteiger partial charge in [-0.05, 0) is 87.0 Å². The molecule has 0 amide bonds. The minimum absolute atomic E-state index is 0. The SMILES string of the molecule is CC(C)c1cc(Oc2[c-]c3c(cc2)c2ccccc2n3-c2cc(C(C)(C)C)ccn2)[c-]c(N2C=CN(c3cc(C(C)(C)C)cc(C(C)(C)C)c3)[CH-]2)c1.[Pt]. The van der Waals surface area contributed by atoms with Crippen LogP contribution in [0.4, 0.5) is 11.4 Å². The Morgan fingerprint density at radius 3 is 1.98 bits per heavy atom. The molecule has 0 saturated heterocycles. The second-order valence-electron chi connectivity index (χ2n) is 17.5. The number of hydrogen-bond donors (Lipinski definition) is 0. The first-order valence-corrected chi connectivity index (χ1v) is 18.4. The average Bonchev–Trinajstić information content (AvgIpc) is 3.70. The Labute approximate surface area is 330 Å². The van der Waals surface area contributed by atoms with Crippen molar-refractivity contribution in [2.75, 3.05) is 9.80 Å². The van der Waals surface area contributed by atoms with E-state index in [2.05, 4.69) is 195 Å². The minimum Gasteiger partial charge on any atom is -0.509 e. The van der Waals surface area contributed by atoms with Gasteiger partial charge in [-0.25, -0.2) is 4.98 Å². The van der Waals surface area contributed by atoms with Crippen molar-refractivity contribution in [1.29, 1.82) is 0 Å². The van der Waals surface area contributed by atoms with Crippen LogP contribution in [0.1, 0.15) is 104 Å². The van der Waals surface area contributed by atoms with E-state index in [0.29, 0.717) is 17.4 Å². The van der Waals surface area contributed by atoms with Gasteiger partial charge in [-0.15, -0.1) is 53.6 Å². The molecule has 0 bridgehead atoms. The van der Waals surface area contributed by atoms with Crippen LogP contribution in [0.15, 0.2) is 97.5 Å². The minimum atomic E-state index is -0.00573. The number of para-hydroxylation sites is 1. The van der Waals surface area contributed by atoms with E-state index in [9.17, 15) is 0 Å². The topological polar surface area (TPSA) is 33.5 Å². The van der Waals surface area contributed by atoms with E-state index in [1.807, 2.05) is 12.3 Å². The maximum Gasteiger partial charge on any atom is 0.135 e.